The molecule has 0 saturated carbocycles. The molecule has 2 N–H and O–H groups in total. The van der Waals surface area contributed by atoms with Crippen molar-refractivity contribution in [2.75, 3.05) is 13.2 Å². The van der Waals surface area contributed by atoms with E-state index in [1.807, 2.05) is 0 Å². The summed E-state index contributed by atoms with van der Waals surface area (Å²) in [5, 5.41) is 11.0. The highest BCUT2D eigenvalue weighted by Gasteiger charge is 2.31. The monoisotopic (exact) mass is 158 g/mol. The van der Waals surface area contributed by atoms with Gasteiger partial charge in [0.2, 0.25) is 5.91 Å². The lowest BCUT2D eigenvalue weighted by Crippen LogP contribution is -2.40. The van der Waals surface area contributed by atoms with Crippen LogP contribution in [0.15, 0.2) is 0 Å². The maximum Gasteiger partial charge on any atom is 0.324 e. The molecule has 1 atom stereocenters. The van der Waals surface area contributed by atoms with Crippen LogP contribution in [-0.2, 0) is 4.79 Å². The van der Waals surface area contributed by atoms with Gasteiger partial charge in [0.05, 0.1) is 19.2 Å². The summed E-state index contributed by atoms with van der Waals surface area (Å²) in [5.41, 5.74) is 0. The number of hydrogen-bond acceptors (Lipinski definition) is 3. The Hall–Kier alpha value is -1.10. The van der Waals surface area contributed by atoms with Crippen molar-refractivity contribution >= 4 is 11.9 Å². The van der Waals surface area contributed by atoms with Gasteiger partial charge in [-0.2, -0.15) is 0 Å². The molecule has 1 heterocycles. The number of imide groups is 1. The summed E-state index contributed by atoms with van der Waals surface area (Å²) in [6, 6.07) is -0.846. The number of rotatable bonds is 2. The number of nitrogens with zero attached hydrogens (tertiary/aromatic N) is 1. The van der Waals surface area contributed by atoms with E-state index in [-0.39, 0.29) is 19.1 Å². The average Bonchev–Trinajstić information content (AvgIpc) is 2.30. The fraction of sp³-hybridized carbons (Fsp3) is 0.667. The van der Waals surface area contributed by atoms with Crippen molar-refractivity contribution in [1.29, 1.82) is 0 Å². The molecule has 0 aromatic rings. The summed E-state index contributed by atoms with van der Waals surface area (Å²) < 4.78 is 0. The van der Waals surface area contributed by atoms with Gasteiger partial charge in [-0.1, -0.05) is 0 Å². The molecule has 0 radical (unpaired) electrons. The van der Waals surface area contributed by atoms with Crippen LogP contribution in [0.25, 0.3) is 0 Å². The number of carbonyl (C=O) groups excluding carboxylic acids is 2. The van der Waals surface area contributed by atoms with Gasteiger partial charge in [0.15, 0.2) is 0 Å². The normalized spacial score (nSPS) is 20.4. The Morgan fingerprint density at radius 3 is 2.73 bits per heavy atom. The van der Waals surface area contributed by atoms with Crippen LogP contribution in [-0.4, -0.2) is 41.1 Å². The van der Waals surface area contributed by atoms with Crippen LogP contribution < -0.4 is 5.32 Å². The Balaban J connectivity index is 2.68. The Bertz CT molecular complexity index is 176. The number of aliphatic hydroxyl groups is 1. The highest BCUT2D eigenvalue weighted by molar-refractivity contribution is 6.02. The quantitative estimate of drug-likeness (QED) is 0.502. The highest BCUT2D eigenvalue weighted by atomic mass is 16.3. The highest BCUT2D eigenvalue weighted by Crippen LogP contribution is 2.04. The van der Waals surface area contributed by atoms with Crippen molar-refractivity contribution in [2.45, 2.75) is 13.0 Å². The van der Waals surface area contributed by atoms with E-state index in [1.165, 1.54) is 0 Å². The van der Waals surface area contributed by atoms with Crippen molar-refractivity contribution in [3.63, 3.8) is 0 Å². The van der Waals surface area contributed by atoms with Gasteiger partial charge in [-0.15, -0.1) is 0 Å². The van der Waals surface area contributed by atoms with Crippen LogP contribution in [0, 0.1) is 0 Å². The van der Waals surface area contributed by atoms with E-state index in [4.69, 9.17) is 5.11 Å². The lowest BCUT2D eigenvalue weighted by Gasteiger charge is -2.18. The van der Waals surface area contributed by atoms with Gasteiger partial charge >= 0.3 is 6.03 Å². The lowest BCUT2D eigenvalue weighted by molar-refractivity contribution is -0.126. The molecule has 1 aliphatic heterocycles. The van der Waals surface area contributed by atoms with Gasteiger partial charge in [0.25, 0.3) is 0 Å². The summed E-state index contributed by atoms with van der Waals surface area (Å²) in [4.78, 5) is 22.8. The second kappa shape index (κ2) is 2.87. The molecule has 0 aliphatic carbocycles. The molecule has 0 spiro atoms. The molecule has 5 heteroatoms. The van der Waals surface area contributed by atoms with Crippen LogP contribution >= 0.6 is 0 Å². The maximum atomic E-state index is 10.9. The second-order valence-electron chi connectivity index (χ2n) is 2.45. The van der Waals surface area contributed by atoms with E-state index in [0.717, 1.165) is 4.90 Å². The smallest absolute Gasteiger partial charge is 0.324 e. The number of aliphatic hydroxyl groups excluding tert-OH is 1. The van der Waals surface area contributed by atoms with Gasteiger partial charge in [0.1, 0.15) is 0 Å². The predicted molar refractivity (Wildman–Crippen MR) is 36.8 cm³/mol. The fourth-order valence-corrected chi connectivity index (χ4v) is 0.962. The van der Waals surface area contributed by atoms with Crippen LogP contribution in [0.2, 0.25) is 0 Å². The van der Waals surface area contributed by atoms with E-state index >= 15 is 0 Å². The molecule has 1 fully saturated rings. The largest absolute Gasteiger partial charge is 0.394 e. The first kappa shape index (κ1) is 8.00. The topological polar surface area (TPSA) is 69.6 Å². The minimum Gasteiger partial charge on any atom is -0.394 e. The maximum absolute atomic E-state index is 10.9. The number of nitrogens with one attached hydrogen (secondary N) is 1. The van der Waals surface area contributed by atoms with Gasteiger partial charge in [0, 0.05) is 0 Å². The number of carbonyl (C=O) groups is 2. The Labute approximate surface area is 64.0 Å². The first-order valence-electron chi connectivity index (χ1n) is 3.37. The zero-order valence-electron chi connectivity index (χ0n) is 6.20. The number of urea groups is 1. The molecule has 1 saturated heterocycles. The Morgan fingerprint density at radius 1 is 1.73 bits per heavy atom. The minimum atomic E-state index is -0.426. The molecule has 1 rings (SSSR count). The lowest BCUT2D eigenvalue weighted by atomic mass is 10.3. The predicted octanol–water partition coefficient (Wildman–Crippen LogP) is -1.08. The Morgan fingerprint density at radius 2 is 2.36 bits per heavy atom. The Kier molecular flexibility index (Phi) is 2.09. The van der Waals surface area contributed by atoms with E-state index in [2.05, 4.69) is 5.32 Å². The third-order valence-corrected chi connectivity index (χ3v) is 1.58. The molecule has 1 aliphatic rings. The standard InChI is InChI=1S/C6H10N2O3/c1-4(3-9)8-5(10)2-7-6(8)11/h4,9H,2-3H2,1H3,(H,7,11). The summed E-state index contributed by atoms with van der Waals surface area (Å²) >= 11 is 0. The van der Waals surface area contributed by atoms with E-state index in [0.29, 0.717) is 0 Å². The van der Waals surface area contributed by atoms with Crippen molar-refractivity contribution in [1.82, 2.24) is 10.2 Å². The first-order chi connectivity index (χ1) is 5.16. The number of hydrogen-bond donors (Lipinski definition) is 2. The molecule has 3 amide bonds. The van der Waals surface area contributed by atoms with Gasteiger partial charge < -0.3 is 10.4 Å². The summed E-state index contributed by atoms with van der Waals surface area (Å²) in [5.74, 6) is -0.281. The van der Waals surface area contributed by atoms with E-state index in [1.54, 1.807) is 6.92 Å². The van der Waals surface area contributed by atoms with E-state index in [9.17, 15) is 9.59 Å². The molecule has 11 heavy (non-hydrogen) atoms. The van der Waals surface area contributed by atoms with Crippen LogP contribution in [0.1, 0.15) is 6.92 Å². The summed E-state index contributed by atoms with van der Waals surface area (Å²) in [6.07, 6.45) is 0. The number of amides is 3. The van der Waals surface area contributed by atoms with Gasteiger partial charge in [-0.3, -0.25) is 9.69 Å². The first-order valence-corrected chi connectivity index (χ1v) is 3.37. The fourth-order valence-electron chi connectivity index (χ4n) is 0.962. The third kappa shape index (κ3) is 1.32. The molecule has 0 aromatic carbocycles. The van der Waals surface area contributed by atoms with Crippen molar-refractivity contribution < 1.29 is 14.7 Å². The summed E-state index contributed by atoms with van der Waals surface area (Å²) in [7, 11) is 0. The zero-order valence-corrected chi connectivity index (χ0v) is 6.20. The molecule has 0 aromatic heterocycles. The van der Waals surface area contributed by atoms with Crippen LogP contribution in [0.3, 0.4) is 0 Å². The van der Waals surface area contributed by atoms with Crippen molar-refractivity contribution in [3.8, 4) is 0 Å². The molecular weight excluding hydrogens is 148 g/mol. The van der Waals surface area contributed by atoms with Crippen molar-refractivity contribution in [2.24, 2.45) is 0 Å². The molecule has 62 valence electrons. The van der Waals surface area contributed by atoms with E-state index < -0.39 is 12.1 Å². The van der Waals surface area contributed by atoms with Gasteiger partial charge in [-0.25, -0.2) is 4.79 Å². The third-order valence-electron chi connectivity index (χ3n) is 1.58. The van der Waals surface area contributed by atoms with Gasteiger partial charge in [-0.05, 0) is 6.92 Å². The molecule has 5 nitrogen and oxygen atoms in total. The van der Waals surface area contributed by atoms with Crippen molar-refractivity contribution in [3.05, 3.63) is 0 Å². The average molecular weight is 158 g/mol. The minimum absolute atomic E-state index is 0.0448. The molecule has 1 unspecified atom stereocenters. The molecular formula is C6H10N2O3. The zero-order chi connectivity index (χ0) is 8.43. The SMILES string of the molecule is CC(CO)N1C(=O)CNC1=O. The van der Waals surface area contributed by atoms with Crippen LogP contribution in [0.5, 0.6) is 0 Å². The molecule has 0 bridgehead atoms. The van der Waals surface area contributed by atoms with Crippen LogP contribution in [0.4, 0.5) is 4.79 Å². The summed E-state index contributed by atoms with van der Waals surface area (Å²) in [6.45, 7) is 1.46. The second-order valence-corrected chi connectivity index (χ2v) is 2.45.